The van der Waals surface area contributed by atoms with Gasteiger partial charge in [-0.3, -0.25) is 0 Å². The summed E-state index contributed by atoms with van der Waals surface area (Å²) >= 11 is 0. The van der Waals surface area contributed by atoms with Crippen LogP contribution in [-0.4, -0.2) is 42.4 Å². The quantitative estimate of drug-likeness (QED) is 0.520. The van der Waals surface area contributed by atoms with Crippen LogP contribution in [0, 0.1) is 18.3 Å². The highest BCUT2D eigenvalue weighted by Crippen LogP contribution is 2.28. The van der Waals surface area contributed by atoms with Crippen molar-refractivity contribution in [2.24, 2.45) is 5.92 Å². The van der Waals surface area contributed by atoms with Gasteiger partial charge in [0.2, 0.25) is 0 Å². The lowest BCUT2D eigenvalue weighted by Gasteiger charge is -2.37. The predicted molar refractivity (Wildman–Crippen MR) is 93.2 cm³/mol. The number of hydrogen-bond acceptors (Lipinski definition) is 3. The molecule has 0 aromatic heterocycles. The molecule has 1 aliphatic carbocycles. The van der Waals surface area contributed by atoms with E-state index < -0.39 is 5.60 Å². The lowest BCUT2D eigenvalue weighted by atomic mass is 9.87. The van der Waals surface area contributed by atoms with E-state index in [0.717, 1.165) is 31.6 Å². The highest BCUT2D eigenvalue weighted by Gasteiger charge is 2.30. The van der Waals surface area contributed by atoms with Crippen LogP contribution in [0.3, 0.4) is 0 Å². The van der Waals surface area contributed by atoms with Gasteiger partial charge in [-0.25, -0.2) is 4.79 Å². The summed E-state index contributed by atoms with van der Waals surface area (Å²) < 4.78 is 11.2. The molecule has 0 N–H and O–H groups in total. The molecular weight excluding hydrogens is 290 g/mol. The molecule has 0 heterocycles. The van der Waals surface area contributed by atoms with E-state index in [0.29, 0.717) is 19.8 Å². The van der Waals surface area contributed by atoms with Crippen molar-refractivity contribution in [3.8, 4) is 12.3 Å². The number of carbonyl (C=O) groups is 1. The maximum Gasteiger partial charge on any atom is 0.410 e. The zero-order chi connectivity index (χ0) is 17.3. The van der Waals surface area contributed by atoms with Crippen LogP contribution >= 0.6 is 0 Å². The Labute approximate surface area is 141 Å². The third-order valence-corrected chi connectivity index (χ3v) is 4.14. The van der Waals surface area contributed by atoms with Gasteiger partial charge < -0.3 is 14.4 Å². The van der Waals surface area contributed by atoms with Crippen molar-refractivity contribution in [3.63, 3.8) is 0 Å². The molecule has 1 aliphatic rings. The van der Waals surface area contributed by atoms with Gasteiger partial charge in [0.15, 0.2) is 0 Å². The van der Waals surface area contributed by atoms with Gasteiger partial charge in [0.05, 0.1) is 6.61 Å². The average molecular weight is 323 g/mol. The number of terminal acetylenes is 1. The smallest absolute Gasteiger partial charge is 0.410 e. The molecule has 1 saturated carbocycles. The van der Waals surface area contributed by atoms with E-state index in [2.05, 4.69) is 12.8 Å². The van der Waals surface area contributed by atoms with Crippen molar-refractivity contribution in [1.29, 1.82) is 0 Å². The second kappa shape index (κ2) is 9.82. The molecule has 0 aliphatic heterocycles. The number of unbranched alkanes of at least 4 members (excludes halogenated alkanes) is 1. The Balaban J connectivity index is 2.51. The lowest BCUT2D eigenvalue weighted by Crippen LogP contribution is -2.46. The monoisotopic (exact) mass is 323 g/mol. The lowest BCUT2D eigenvalue weighted by molar-refractivity contribution is 0.00168. The summed E-state index contributed by atoms with van der Waals surface area (Å²) in [6.07, 6.45) is 11.1. The van der Waals surface area contributed by atoms with Crippen LogP contribution in [0.5, 0.6) is 0 Å². The topological polar surface area (TPSA) is 38.8 Å². The summed E-state index contributed by atoms with van der Waals surface area (Å²) in [5.74, 6) is 3.36. The molecule has 4 nitrogen and oxygen atoms in total. The van der Waals surface area contributed by atoms with E-state index in [4.69, 9.17) is 15.9 Å². The normalized spacial score (nSPS) is 21.5. The fourth-order valence-corrected chi connectivity index (χ4v) is 2.84. The van der Waals surface area contributed by atoms with Crippen molar-refractivity contribution in [3.05, 3.63) is 0 Å². The minimum absolute atomic E-state index is 0.218. The van der Waals surface area contributed by atoms with Gasteiger partial charge in [0, 0.05) is 25.6 Å². The van der Waals surface area contributed by atoms with Crippen LogP contribution in [0.1, 0.15) is 66.2 Å². The first-order valence-corrected chi connectivity index (χ1v) is 8.84. The Morgan fingerprint density at radius 1 is 1.22 bits per heavy atom. The predicted octanol–water partition coefficient (Wildman–Crippen LogP) is 4.23. The molecule has 1 fully saturated rings. The zero-order valence-electron chi connectivity index (χ0n) is 15.3. The standard InChI is InChI=1S/C19H33NO3/c1-6-7-8-14-22-15-13-20(18(21)23-19(3,4)5)17-11-9-16(2)10-12-17/h1,16-17H,7-15H2,2-5H3. The number of nitrogens with zero attached hydrogens (tertiary/aromatic N) is 1. The second-order valence-electron chi connectivity index (χ2n) is 7.51. The maximum absolute atomic E-state index is 12.5. The van der Waals surface area contributed by atoms with E-state index in [1.165, 1.54) is 12.8 Å². The van der Waals surface area contributed by atoms with Crippen LogP contribution in [0.2, 0.25) is 0 Å². The first-order valence-electron chi connectivity index (χ1n) is 8.84. The molecule has 0 atom stereocenters. The highest BCUT2D eigenvalue weighted by molar-refractivity contribution is 5.68. The summed E-state index contributed by atoms with van der Waals surface area (Å²) in [5, 5.41) is 0. The summed E-state index contributed by atoms with van der Waals surface area (Å²) in [6, 6.07) is 0.273. The Morgan fingerprint density at radius 2 is 1.87 bits per heavy atom. The van der Waals surface area contributed by atoms with E-state index in [1.807, 2.05) is 25.7 Å². The number of amides is 1. The zero-order valence-corrected chi connectivity index (χ0v) is 15.3. The number of hydrogen-bond donors (Lipinski definition) is 0. The Bertz CT molecular complexity index is 386. The van der Waals surface area contributed by atoms with E-state index in [1.54, 1.807) is 0 Å². The molecule has 1 amide bonds. The van der Waals surface area contributed by atoms with Crippen LogP contribution < -0.4 is 0 Å². The van der Waals surface area contributed by atoms with Crippen LogP contribution in [0.4, 0.5) is 4.79 Å². The second-order valence-corrected chi connectivity index (χ2v) is 7.51. The van der Waals surface area contributed by atoms with Crippen molar-refractivity contribution in [1.82, 2.24) is 4.90 Å². The molecule has 23 heavy (non-hydrogen) atoms. The summed E-state index contributed by atoms with van der Waals surface area (Å²) in [5.41, 5.74) is -0.467. The van der Waals surface area contributed by atoms with E-state index in [9.17, 15) is 4.79 Å². The maximum atomic E-state index is 12.5. The molecule has 0 radical (unpaired) electrons. The van der Waals surface area contributed by atoms with Gasteiger partial charge in [0.1, 0.15) is 5.60 Å². The molecule has 0 spiro atoms. The molecule has 132 valence electrons. The molecule has 1 rings (SSSR count). The average Bonchev–Trinajstić information content (AvgIpc) is 2.46. The Hall–Kier alpha value is -1.21. The van der Waals surface area contributed by atoms with E-state index in [-0.39, 0.29) is 12.1 Å². The van der Waals surface area contributed by atoms with Gasteiger partial charge in [0.25, 0.3) is 0 Å². The fourth-order valence-electron chi connectivity index (χ4n) is 2.84. The molecular formula is C19H33NO3. The molecule has 0 aromatic carbocycles. The third kappa shape index (κ3) is 8.27. The number of carbonyl (C=O) groups excluding carboxylic acids is 1. The Morgan fingerprint density at radius 3 is 2.43 bits per heavy atom. The van der Waals surface area contributed by atoms with Gasteiger partial charge >= 0.3 is 6.09 Å². The van der Waals surface area contributed by atoms with Gasteiger partial charge in [-0.1, -0.05) is 6.92 Å². The fraction of sp³-hybridized carbons (Fsp3) is 0.842. The van der Waals surface area contributed by atoms with Crippen molar-refractivity contribution >= 4 is 6.09 Å². The van der Waals surface area contributed by atoms with Gasteiger partial charge in [-0.15, -0.1) is 12.3 Å². The van der Waals surface area contributed by atoms with Crippen molar-refractivity contribution < 1.29 is 14.3 Å². The minimum Gasteiger partial charge on any atom is -0.444 e. The number of ether oxygens (including phenoxy) is 2. The van der Waals surface area contributed by atoms with Gasteiger partial charge in [-0.2, -0.15) is 0 Å². The first-order chi connectivity index (χ1) is 10.8. The first kappa shape index (κ1) is 19.8. The summed E-state index contributed by atoms with van der Waals surface area (Å²) in [4.78, 5) is 14.4. The molecule has 0 aromatic rings. The van der Waals surface area contributed by atoms with Crippen LogP contribution in [0.25, 0.3) is 0 Å². The van der Waals surface area contributed by atoms with E-state index >= 15 is 0 Å². The van der Waals surface area contributed by atoms with Crippen LogP contribution in [0.15, 0.2) is 0 Å². The number of rotatable bonds is 7. The molecule has 0 saturated heterocycles. The van der Waals surface area contributed by atoms with Crippen molar-refractivity contribution in [2.75, 3.05) is 19.8 Å². The van der Waals surface area contributed by atoms with Gasteiger partial charge in [-0.05, 0) is 58.8 Å². The highest BCUT2D eigenvalue weighted by atomic mass is 16.6. The third-order valence-electron chi connectivity index (χ3n) is 4.14. The minimum atomic E-state index is -0.467. The Kier molecular flexibility index (Phi) is 8.47. The summed E-state index contributed by atoms with van der Waals surface area (Å²) in [6.45, 7) is 9.77. The molecule has 0 unspecified atom stereocenters. The van der Waals surface area contributed by atoms with Crippen molar-refractivity contribution in [2.45, 2.75) is 77.9 Å². The SMILES string of the molecule is C#CCCCOCCN(C(=O)OC(C)(C)C)C1CCC(C)CC1. The molecule has 4 heteroatoms. The van der Waals surface area contributed by atoms with Crippen LogP contribution in [-0.2, 0) is 9.47 Å². The largest absolute Gasteiger partial charge is 0.444 e. The molecule has 0 bridgehead atoms. The summed E-state index contributed by atoms with van der Waals surface area (Å²) in [7, 11) is 0.